The molecule has 1 heterocycles. The summed E-state index contributed by atoms with van der Waals surface area (Å²) in [4.78, 5) is 13.3. The third-order valence-corrected chi connectivity index (χ3v) is 3.64. The zero-order chi connectivity index (χ0) is 15.2. The van der Waals surface area contributed by atoms with Gasteiger partial charge in [0.2, 0.25) is 0 Å². The molecule has 116 valence electrons. The fourth-order valence-corrected chi connectivity index (χ4v) is 2.58. The predicted octanol–water partition coefficient (Wildman–Crippen LogP) is 1.93. The van der Waals surface area contributed by atoms with Crippen molar-refractivity contribution in [2.24, 2.45) is 0 Å². The van der Waals surface area contributed by atoms with Crippen LogP contribution in [0.1, 0.15) is 31.4 Å². The third kappa shape index (κ3) is 4.72. The molecule has 0 saturated carbocycles. The van der Waals surface area contributed by atoms with Crippen LogP contribution in [0.15, 0.2) is 30.3 Å². The van der Waals surface area contributed by atoms with Crippen molar-refractivity contribution in [3.05, 3.63) is 35.9 Å². The number of benzene rings is 1. The van der Waals surface area contributed by atoms with Gasteiger partial charge in [-0.05, 0) is 25.3 Å². The van der Waals surface area contributed by atoms with Gasteiger partial charge in [-0.15, -0.1) is 0 Å². The first-order valence-electron chi connectivity index (χ1n) is 7.43. The Hall–Kier alpha value is -1.59. The molecule has 0 bridgehead atoms. The van der Waals surface area contributed by atoms with Crippen molar-refractivity contribution in [3.8, 4) is 0 Å². The molecule has 1 aliphatic rings. The Kier molecular flexibility index (Phi) is 5.59. The van der Waals surface area contributed by atoms with Gasteiger partial charge in [0, 0.05) is 20.1 Å². The van der Waals surface area contributed by atoms with Crippen LogP contribution in [0.25, 0.3) is 0 Å². The Labute approximate surface area is 125 Å². The van der Waals surface area contributed by atoms with Crippen molar-refractivity contribution in [2.45, 2.75) is 38.1 Å². The maximum absolute atomic E-state index is 11.8. The van der Waals surface area contributed by atoms with Gasteiger partial charge in [-0.25, -0.2) is 4.79 Å². The molecule has 1 aliphatic heterocycles. The molecular weight excluding hydrogens is 268 g/mol. The Morgan fingerprint density at radius 2 is 2.14 bits per heavy atom. The number of ether oxygens (including phenoxy) is 1. The van der Waals surface area contributed by atoms with Crippen molar-refractivity contribution in [2.75, 3.05) is 20.1 Å². The van der Waals surface area contributed by atoms with Crippen LogP contribution >= 0.6 is 0 Å². The third-order valence-electron chi connectivity index (χ3n) is 3.64. The zero-order valence-electron chi connectivity index (χ0n) is 12.7. The topological polar surface area (TPSA) is 61.8 Å². The quantitative estimate of drug-likeness (QED) is 0.871. The minimum atomic E-state index is -0.522. The second-order valence-electron chi connectivity index (χ2n) is 5.65. The summed E-state index contributed by atoms with van der Waals surface area (Å²) in [6, 6.07) is 9.98. The van der Waals surface area contributed by atoms with Gasteiger partial charge in [-0.1, -0.05) is 30.3 Å². The molecule has 2 N–H and O–H groups in total. The highest BCUT2D eigenvalue weighted by molar-refractivity contribution is 5.73. The summed E-state index contributed by atoms with van der Waals surface area (Å²) in [7, 11) is 1.67. The lowest BCUT2D eigenvalue weighted by atomic mass is 10.1. The van der Waals surface area contributed by atoms with Gasteiger partial charge in [0.05, 0.1) is 18.3 Å². The Balaban J connectivity index is 1.74. The van der Waals surface area contributed by atoms with Gasteiger partial charge in [-0.3, -0.25) is 0 Å². The molecule has 5 heteroatoms. The van der Waals surface area contributed by atoms with E-state index in [9.17, 15) is 9.90 Å². The van der Waals surface area contributed by atoms with Crippen LogP contribution < -0.4 is 5.32 Å². The molecule has 2 rings (SSSR count). The molecule has 1 saturated heterocycles. The fraction of sp³-hybridized carbons (Fsp3) is 0.562. The van der Waals surface area contributed by atoms with Crippen molar-refractivity contribution < 1.29 is 14.6 Å². The molecule has 5 nitrogen and oxygen atoms in total. The van der Waals surface area contributed by atoms with Gasteiger partial charge in [-0.2, -0.15) is 0 Å². The van der Waals surface area contributed by atoms with E-state index in [0.717, 1.165) is 12.8 Å². The highest BCUT2D eigenvalue weighted by Gasteiger charge is 2.26. The summed E-state index contributed by atoms with van der Waals surface area (Å²) in [5.41, 5.74) is 1.19. The normalized spacial score (nSPS) is 22.8. The van der Waals surface area contributed by atoms with Crippen molar-refractivity contribution in [1.29, 1.82) is 0 Å². The van der Waals surface area contributed by atoms with Crippen LogP contribution in [-0.4, -0.2) is 48.4 Å². The van der Waals surface area contributed by atoms with E-state index in [1.54, 1.807) is 14.0 Å². The Bertz CT molecular complexity index is 450. The molecule has 1 fully saturated rings. The van der Waals surface area contributed by atoms with Gasteiger partial charge in [0.1, 0.15) is 0 Å². The van der Waals surface area contributed by atoms with E-state index in [1.165, 1.54) is 10.5 Å². The first-order valence-corrected chi connectivity index (χ1v) is 7.43. The fourth-order valence-electron chi connectivity index (χ4n) is 2.58. The Morgan fingerprint density at radius 1 is 1.43 bits per heavy atom. The number of nitrogens with one attached hydrogen (secondary N) is 1. The Morgan fingerprint density at radius 3 is 2.81 bits per heavy atom. The summed E-state index contributed by atoms with van der Waals surface area (Å²) in [6.07, 6.45) is 1.59. The van der Waals surface area contributed by atoms with Crippen LogP contribution in [0.5, 0.6) is 0 Å². The van der Waals surface area contributed by atoms with Crippen LogP contribution in [-0.2, 0) is 4.74 Å². The number of aliphatic hydroxyl groups is 1. The lowest BCUT2D eigenvalue weighted by Gasteiger charge is -2.21. The number of nitrogens with zero attached hydrogens (tertiary/aromatic N) is 1. The maximum Gasteiger partial charge on any atom is 0.317 e. The summed E-state index contributed by atoms with van der Waals surface area (Å²) in [6.45, 7) is 2.49. The first kappa shape index (κ1) is 15.8. The highest BCUT2D eigenvalue weighted by atomic mass is 16.5. The van der Waals surface area contributed by atoms with Gasteiger partial charge < -0.3 is 20.1 Å². The van der Waals surface area contributed by atoms with Crippen molar-refractivity contribution in [1.82, 2.24) is 10.2 Å². The van der Waals surface area contributed by atoms with Crippen molar-refractivity contribution >= 4 is 6.03 Å². The average Bonchev–Trinajstić information content (AvgIpc) is 2.94. The van der Waals surface area contributed by atoms with Gasteiger partial charge >= 0.3 is 6.03 Å². The van der Waals surface area contributed by atoms with Crippen molar-refractivity contribution in [3.63, 3.8) is 0 Å². The number of rotatable bonds is 5. The second kappa shape index (κ2) is 7.43. The molecule has 0 radical (unpaired) electrons. The predicted molar refractivity (Wildman–Crippen MR) is 81.0 cm³/mol. The SMILES string of the molecule is C[C@@H](O)CN(C)C(=O)NC[C@H]1CC[C@H](c2ccccc2)O1. The minimum absolute atomic E-state index is 0.0547. The summed E-state index contributed by atoms with van der Waals surface area (Å²) < 4.78 is 5.98. The zero-order valence-corrected chi connectivity index (χ0v) is 12.7. The average molecular weight is 292 g/mol. The standard InChI is InChI=1S/C16H24N2O3/c1-12(19)11-18(2)16(20)17-10-14-8-9-15(21-14)13-6-4-3-5-7-13/h3-7,12,14-15,19H,8-11H2,1-2H3,(H,17,20)/t12-,14-,15-/m1/s1. The number of hydrogen-bond donors (Lipinski definition) is 2. The first-order chi connectivity index (χ1) is 10.1. The van der Waals surface area contributed by atoms with E-state index in [0.29, 0.717) is 13.1 Å². The van der Waals surface area contributed by atoms with Gasteiger partial charge in [0.15, 0.2) is 0 Å². The highest BCUT2D eigenvalue weighted by Crippen LogP contribution is 2.32. The molecule has 1 aromatic carbocycles. The van der Waals surface area contributed by atoms with E-state index in [2.05, 4.69) is 17.4 Å². The molecule has 2 amide bonds. The summed E-state index contributed by atoms with van der Waals surface area (Å²) in [5, 5.41) is 12.1. The molecule has 21 heavy (non-hydrogen) atoms. The largest absolute Gasteiger partial charge is 0.392 e. The minimum Gasteiger partial charge on any atom is -0.392 e. The number of hydrogen-bond acceptors (Lipinski definition) is 3. The lowest BCUT2D eigenvalue weighted by molar-refractivity contribution is 0.0452. The number of urea groups is 1. The molecule has 3 atom stereocenters. The van der Waals surface area contributed by atoms with Crippen LogP contribution in [0.3, 0.4) is 0 Å². The van der Waals surface area contributed by atoms with Crippen LogP contribution in [0, 0.1) is 0 Å². The monoisotopic (exact) mass is 292 g/mol. The number of aliphatic hydroxyl groups excluding tert-OH is 1. The lowest BCUT2D eigenvalue weighted by Crippen LogP contribution is -2.43. The number of amides is 2. The second-order valence-corrected chi connectivity index (χ2v) is 5.65. The maximum atomic E-state index is 11.8. The van der Waals surface area contributed by atoms with E-state index < -0.39 is 6.10 Å². The van der Waals surface area contributed by atoms with Crippen LogP contribution in [0.4, 0.5) is 4.79 Å². The summed E-state index contributed by atoms with van der Waals surface area (Å²) >= 11 is 0. The van der Waals surface area contributed by atoms with E-state index >= 15 is 0 Å². The van der Waals surface area contributed by atoms with Gasteiger partial charge in [0.25, 0.3) is 0 Å². The molecule has 0 unspecified atom stereocenters. The number of likely N-dealkylation sites (N-methyl/N-ethyl adjacent to an activating group) is 1. The number of carbonyl (C=O) groups excluding carboxylic acids is 1. The smallest absolute Gasteiger partial charge is 0.317 e. The van der Waals surface area contributed by atoms with Crippen LogP contribution in [0.2, 0.25) is 0 Å². The number of carbonyl (C=O) groups is 1. The molecule has 1 aromatic rings. The molecule has 0 aliphatic carbocycles. The molecule has 0 spiro atoms. The molecular formula is C16H24N2O3. The molecule has 0 aromatic heterocycles. The van der Waals surface area contributed by atoms with E-state index in [1.807, 2.05) is 18.2 Å². The van der Waals surface area contributed by atoms with E-state index in [4.69, 9.17) is 4.74 Å². The summed E-state index contributed by atoms with van der Waals surface area (Å²) in [5.74, 6) is 0. The van der Waals surface area contributed by atoms with E-state index in [-0.39, 0.29) is 18.2 Å².